The Morgan fingerprint density at radius 1 is 1.12 bits per heavy atom. The van der Waals surface area contributed by atoms with Crippen molar-refractivity contribution in [3.05, 3.63) is 65.7 Å². The predicted octanol–water partition coefficient (Wildman–Crippen LogP) is 2.42. The number of amides is 1. The van der Waals surface area contributed by atoms with E-state index in [-0.39, 0.29) is 5.91 Å². The van der Waals surface area contributed by atoms with Crippen molar-refractivity contribution in [1.82, 2.24) is 4.90 Å². The van der Waals surface area contributed by atoms with E-state index in [2.05, 4.69) is 0 Å². The predicted molar refractivity (Wildman–Crippen MR) is 96.0 cm³/mol. The zero-order valence-corrected chi connectivity index (χ0v) is 14.3. The number of carbonyl (C=O) groups is 1. The number of β-amino-alcohol motifs (C(OH)–C–C–N with tert-alkyl or cyclic N) is 1. The minimum absolute atomic E-state index is 0.0689. The lowest BCUT2D eigenvalue weighted by Gasteiger charge is -2.24. The molecule has 0 saturated carbocycles. The number of aliphatic hydroxyl groups is 1. The molecule has 24 heavy (non-hydrogen) atoms. The first-order valence-electron chi connectivity index (χ1n) is 8.30. The molecule has 1 heterocycles. The Hall–Kier alpha value is -2.33. The van der Waals surface area contributed by atoms with Crippen molar-refractivity contribution in [2.45, 2.75) is 18.4 Å². The van der Waals surface area contributed by atoms with E-state index in [1.54, 1.807) is 4.90 Å². The highest BCUT2D eigenvalue weighted by molar-refractivity contribution is 5.79. The van der Waals surface area contributed by atoms with Gasteiger partial charge in [-0.3, -0.25) is 4.79 Å². The van der Waals surface area contributed by atoms with Crippen LogP contribution in [0.3, 0.4) is 0 Å². The van der Waals surface area contributed by atoms with Crippen molar-refractivity contribution < 1.29 is 9.90 Å². The van der Waals surface area contributed by atoms with Crippen molar-refractivity contribution in [1.29, 1.82) is 0 Å². The molecular weight excluding hydrogens is 300 g/mol. The highest BCUT2D eigenvalue weighted by Gasteiger charge is 2.39. The van der Waals surface area contributed by atoms with Crippen LogP contribution >= 0.6 is 0 Å². The zero-order valence-electron chi connectivity index (χ0n) is 14.3. The summed E-state index contributed by atoms with van der Waals surface area (Å²) in [6.45, 7) is 0.964. The van der Waals surface area contributed by atoms with Gasteiger partial charge in [0.05, 0.1) is 13.0 Å². The van der Waals surface area contributed by atoms with Gasteiger partial charge >= 0.3 is 0 Å². The Balaban J connectivity index is 1.64. The van der Waals surface area contributed by atoms with Crippen molar-refractivity contribution in [3.63, 3.8) is 0 Å². The van der Waals surface area contributed by atoms with Crippen LogP contribution in [0.25, 0.3) is 0 Å². The number of rotatable bonds is 4. The van der Waals surface area contributed by atoms with Gasteiger partial charge < -0.3 is 14.9 Å². The number of anilines is 1. The SMILES string of the molecule is CN(C)c1ccc(CC(=O)N2CC[C@](O)(c3ccccc3)C2)cc1. The molecule has 4 nitrogen and oxygen atoms in total. The van der Waals surface area contributed by atoms with Gasteiger partial charge in [0.25, 0.3) is 0 Å². The van der Waals surface area contributed by atoms with E-state index < -0.39 is 5.60 Å². The Morgan fingerprint density at radius 2 is 1.79 bits per heavy atom. The van der Waals surface area contributed by atoms with Gasteiger partial charge in [0.1, 0.15) is 5.60 Å². The third-order valence-electron chi connectivity index (χ3n) is 4.72. The summed E-state index contributed by atoms with van der Waals surface area (Å²) in [5, 5.41) is 10.8. The number of likely N-dealkylation sites (tertiary alicyclic amines) is 1. The van der Waals surface area contributed by atoms with Crippen LogP contribution in [0.2, 0.25) is 0 Å². The van der Waals surface area contributed by atoms with Crippen molar-refractivity contribution in [2.24, 2.45) is 0 Å². The van der Waals surface area contributed by atoms with E-state index in [4.69, 9.17) is 0 Å². The summed E-state index contributed by atoms with van der Waals surface area (Å²) >= 11 is 0. The van der Waals surface area contributed by atoms with Crippen molar-refractivity contribution in [3.8, 4) is 0 Å². The Bertz CT molecular complexity index is 697. The topological polar surface area (TPSA) is 43.8 Å². The number of hydrogen-bond donors (Lipinski definition) is 1. The molecule has 2 aromatic rings. The molecule has 1 aliphatic heterocycles. The normalized spacial score (nSPS) is 20.2. The Labute approximate surface area is 143 Å². The third-order valence-corrected chi connectivity index (χ3v) is 4.72. The quantitative estimate of drug-likeness (QED) is 0.939. The smallest absolute Gasteiger partial charge is 0.227 e. The standard InChI is InChI=1S/C20H24N2O2/c1-21(2)18-10-8-16(9-11-18)14-19(23)22-13-12-20(24,15-22)17-6-4-3-5-7-17/h3-11,24H,12-15H2,1-2H3/t20-/m1/s1. The minimum atomic E-state index is -0.925. The fraction of sp³-hybridized carbons (Fsp3) is 0.350. The first-order valence-corrected chi connectivity index (χ1v) is 8.30. The highest BCUT2D eigenvalue weighted by Crippen LogP contribution is 2.32. The zero-order chi connectivity index (χ0) is 17.2. The summed E-state index contributed by atoms with van der Waals surface area (Å²) in [6, 6.07) is 17.7. The van der Waals surface area contributed by atoms with E-state index >= 15 is 0 Å². The second-order valence-electron chi connectivity index (χ2n) is 6.70. The molecule has 1 saturated heterocycles. The van der Waals surface area contributed by atoms with Crippen molar-refractivity contribution >= 4 is 11.6 Å². The second-order valence-corrected chi connectivity index (χ2v) is 6.70. The fourth-order valence-electron chi connectivity index (χ4n) is 3.19. The highest BCUT2D eigenvalue weighted by atomic mass is 16.3. The van der Waals surface area contributed by atoms with Gasteiger partial charge in [0.15, 0.2) is 0 Å². The summed E-state index contributed by atoms with van der Waals surface area (Å²) in [5.74, 6) is 0.0689. The molecule has 1 aliphatic rings. The maximum atomic E-state index is 12.6. The molecule has 3 rings (SSSR count). The molecule has 1 N–H and O–H groups in total. The molecule has 0 aliphatic carbocycles. The lowest BCUT2D eigenvalue weighted by Crippen LogP contribution is -2.35. The van der Waals surface area contributed by atoms with Crippen LogP contribution < -0.4 is 4.90 Å². The fourth-order valence-corrected chi connectivity index (χ4v) is 3.19. The molecular formula is C20H24N2O2. The van der Waals surface area contributed by atoms with Gasteiger partial charge in [0, 0.05) is 26.3 Å². The maximum Gasteiger partial charge on any atom is 0.227 e. The van der Waals surface area contributed by atoms with Gasteiger partial charge in [-0.05, 0) is 29.7 Å². The van der Waals surface area contributed by atoms with Gasteiger partial charge in [-0.25, -0.2) is 0 Å². The van der Waals surface area contributed by atoms with E-state index in [0.717, 1.165) is 16.8 Å². The average Bonchev–Trinajstić information content (AvgIpc) is 3.00. The first-order chi connectivity index (χ1) is 11.5. The second kappa shape index (κ2) is 6.65. The molecule has 4 heteroatoms. The van der Waals surface area contributed by atoms with Crippen molar-refractivity contribution in [2.75, 3.05) is 32.1 Å². The van der Waals surface area contributed by atoms with Gasteiger partial charge in [-0.15, -0.1) is 0 Å². The molecule has 0 bridgehead atoms. The average molecular weight is 324 g/mol. The summed E-state index contributed by atoms with van der Waals surface area (Å²) in [4.78, 5) is 16.4. The molecule has 0 unspecified atom stereocenters. The molecule has 1 atom stereocenters. The molecule has 0 spiro atoms. The monoisotopic (exact) mass is 324 g/mol. The summed E-state index contributed by atoms with van der Waals surface area (Å²) in [5.41, 5.74) is 2.08. The van der Waals surface area contributed by atoms with Crippen LogP contribution in [0.1, 0.15) is 17.5 Å². The lowest BCUT2D eigenvalue weighted by atomic mass is 9.93. The van der Waals surface area contributed by atoms with Gasteiger partial charge in [0.2, 0.25) is 5.91 Å². The summed E-state index contributed by atoms with van der Waals surface area (Å²) < 4.78 is 0. The van der Waals surface area contributed by atoms with Crippen LogP contribution in [-0.4, -0.2) is 43.1 Å². The lowest BCUT2D eigenvalue weighted by molar-refractivity contribution is -0.130. The van der Waals surface area contributed by atoms with E-state index in [1.807, 2.05) is 73.6 Å². The molecule has 126 valence electrons. The first kappa shape index (κ1) is 16.5. The van der Waals surface area contributed by atoms with Crippen LogP contribution in [-0.2, 0) is 16.8 Å². The Kier molecular flexibility index (Phi) is 4.58. The minimum Gasteiger partial charge on any atom is -0.383 e. The molecule has 2 aromatic carbocycles. The van der Waals surface area contributed by atoms with Crippen LogP contribution in [0, 0.1) is 0 Å². The maximum absolute atomic E-state index is 12.6. The molecule has 1 amide bonds. The van der Waals surface area contributed by atoms with Crippen LogP contribution in [0.4, 0.5) is 5.69 Å². The van der Waals surface area contributed by atoms with Crippen LogP contribution in [0.5, 0.6) is 0 Å². The van der Waals surface area contributed by atoms with E-state index in [0.29, 0.717) is 25.9 Å². The van der Waals surface area contributed by atoms with E-state index in [1.165, 1.54) is 0 Å². The molecule has 1 fully saturated rings. The molecule has 0 radical (unpaired) electrons. The van der Waals surface area contributed by atoms with Gasteiger partial charge in [-0.1, -0.05) is 42.5 Å². The Morgan fingerprint density at radius 3 is 2.42 bits per heavy atom. The van der Waals surface area contributed by atoms with Crippen LogP contribution in [0.15, 0.2) is 54.6 Å². The number of carbonyl (C=O) groups excluding carboxylic acids is 1. The van der Waals surface area contributed by atoms with Gasteiger partial charge in [-0.2, -0.15) is 0 Å². The van der Waals surface area contributed by atoms with E-state index in [9.17, 15) is 9.90 Å². The summed E-state index contributed by atoms with van der Waals surface area (Å²) in [6.07, 6.45) is 0.959. The number of nitrogens with zero attached hydrogens (tertiary/aromatic N) is 2. The summed E-state index contributed by atoms with van der Waals surface area (Å²) in [7, 11) is 3.99. The number of benzene rings is 2. The molecule has 0 aromatic heterocycles. The largest absolute Gasteiger partial charge is 0.383 e. The third kappa shape index (κ3) is 3.44. The number of hydrogen-bond acceptors (Lipinski definition) is 3.